The van der Waals surface area contributed by atoms with Crippen molar-refractivity contribution in [3.05, 3.63) is 6.92 Å². The summed E-state index contributed by atoms with van der Waals surface area (Å²) in [6.45, 7) is 8.20. The highest BCUT2D eigenvalue weighted by Crippen LogP contribution is 1.86. The zero-order valence-electron chi connectivity index (χ0n) is 5.52. The lowest BCUT2D eigenvalue weighted by Crippen LogP contribution is -2.28. The summed E-state index contributed by atoms with van der Waals surface area (Å²) in [6, 6.07) is 0. The Kier molecular flexibility index (Phi) is 3.83. The van der Waals surface area contributed by atoms with Crippen LogP contribution in [0.5, 0.6) is 0 Å². The first kappa shape index (κ1) is 7.92. The van der Waals surface area contributed by atoms with E-state index in [4.69, 9.17) is 5.11 Å². The van der Waals surface area contributed by atoms with Gasteiger partial charge in [0.15, 0.2) is 0 Å². The first-order valence-electron chi connectivity index (χ1n) is 2.87. The van der Waals surface area contributed by atoms with Crippen molar-refractivity contribution in [2.24, 2.45) is 5.92 Å². The lowest BCUT2D eigenvalue weighted by molar-refractivity contribution is 0.153. The van der Waals surface area contributed by atoms with E-state index >= 15 is 0 Å². The molecule has 2 atom stereocenters. The van der Waals surface area contributed by atoms with E-state index in [9.17, 15) is 0 Å². The summed E-state index contributed by atoms with van der Waals surface area (Å²) in [5.74, 6) is 0.365. The first-order chi connectivity index (χ1) is 3.63. The van der Waals surface area contributed by atoms with Crippen LogP contribution in [-0.2, 0) is 0 Å². The molecule has 8 heavy (non-hydrogen) atoms. The minimum Gasteiger partial charge on any atom is -0.379 e. The number of aliphatic hydroxyl groups excluding tert-OH is 1. The lowest BCUT2D eigenvalue weighted by Gasteiger charge is -2.08. The summed E-state index contributed by atoms with van der Waals surface area (Å²) in [7, 11) is 0. The highest BCUT2D eigenvalue weighted by Gasteiger charge is 1.94. The topological polar surface area (TPSA) is 32.3 Å². The van der Waals surface area contributed by atoms with Gasteiger partial charge < -0.3 is 5.11 Å². The van der Waals surface area contributed by atoms with Crippen LogP contribution in [0.2, 0.25) is 0 Å². The van der Waals surface area contributed by atoms with Gasteiger partial charge in [-0.25, -0.2) is 0 Å². The van der Waals surface area contributed by atoms with E-state index < -0.39 is 6.23 Å². The summed E-state index contributed by atoms with van der Waals surface area (Å²) in [6.07, 6.45) is -0.404. The second-order valence-electron chi connectivity index (χ2n) is 2.19. The number of hydrogen-bond acceptors (Lipinski definition) is 2. The molecule has 0 spiro atoms. The predicted octanol–water partition coefficient (Wildman–Crippen LogP) is 0.384. The molecule has 0 bridgehead atoms. The molecule has 2 N–H and O–H groups in total. The van der Waals surface area contributed by atoms with Gasteiger partial charge in [0.2, 0.25) is 0 Å². The Morgan fingerprint density at radius 1 is 1.62 bits per heavy atom. The Morgan fingerprint density at radius 2 is 2.12 bits per heavy atom. The molecule has 49 valence electrons. The molecule has 0 saturated heterocycles. The zero-order chi connectivity index (χ0) is 6.57. The van der Waals surface area contributed by atoms with E-state index in [2.05, 4.69) is 12.2 Å². The van der Waals surface area contributed by atoms with Crippen molar-refractivity contribution in [1.29, 1.82) is 0 Å². The van der Waals surface area contributed by atoms with Crippen LogP contribution in [0.1, 0.15) is 13.8 Å². The van der Waals surface area contributed by atoms with Crippen molar-refractivity contribution in [1.82, 2.24) is 5.32 Å². The third-order valence-corrected chi connectivity index (χ3v) is 0.762. The molecule has 2 unspecified atom stereocenters. The molecule has 0 heterocycles. The standard InChI is InChI=1S/C6H14NO/c1-5(2)4-7-6(3)8/h5-8H,1,4H2,2-3H3. The Hall–Kier alpha value is -0.0800. The predicted molar refractivity (Wildman–Crippen MR) is 34.2 cm³/mol. The Labute approximate surface area is 50.9 Å². The molecule has 0 saturated carbocycles. The van der Waals surface area contributed by atoms with Crippen molar-refractivity contribution in [2.75, 3.05) is 6.54 Å². The fourth-order valence-electron chi connectivity index (χ4n) is 0.372. The summed E-state index contributed by atoms with van der Waals surface area (Å²) in [5, 5.41) is 11.5. The lowest BCUT2D eigenvalue weighted by atomic mass is 10.2. The molecule has 0 fully saturated rings. The van der Waals surface area contributed by atoms with E-state index in [1.807, 2.05) is 6.92 Å². The second-order valence-corrected chi connectivity index (χ2v) is 2.19. The number of aliphatic hydroxyl groups is 1. The Balaban J connectivity index is 2.93. The maximum absolute atomic E-state index is 8.66. The van der Waals surface area contributed by atoms with E-state index in [1.165, 1.54) is 0 Å². The number of nitrogens with one attached hydrogen (secondary N) is 1. The second kappa shape index (κ2) is 3.87. The van der Waals surface area contributed by atoms with Crippen LogP contribution in [0.15, 0.2) is 0 Å². The minimum atomic E-state index is -0.404. The third kappa shape index (κ3) is 5.92. The van der Waals surface area contributed by atoms with E-state index in [0.29, 0.717) is 5.92 Å². The minimum absolute atomic E-state index is 0.365. The van der Waals surface area contributed by atoms with E-state index in [-0.39, 0.29) is 0 Å². The molecule has 0 amide bonds. The van der Waals surface area contributed by atoms with Crippen molar-refractivity contribution in [2.45, 2.75) is 20.1 Å². The summed E-state index contributed by atoms with van der Waals surface area (Å²) >= 11 is 0. The Morgan fingerprint density at radius 3 is 2.25 bits per heavy atom. The monoisotopic (exact) mass is 116 g/mol. The fourth-order valence-corrected chi connectivity index (χ4v) is 0.372. The molecule has 2 heteroatoms. The van der Waals surface area contributed by atoms with Gasteiger partial charge in [0.1, 0.15) is 6.23 Å². The van der Waals surface area contributed by atoms with Crippen LogP contribution in [0.25, 0.3) is 0 Å². The molecule has 0 aliphatic carbocycles. The van der Waals surface area contributed by atoms with Crippen LogP contribution >= 0.6 is 0 Å². The van der Waals surface area contributed by atoms with Crippen LogP contribution in [0.4, 0.5) is 0 Å². The van der Waals surface area contributed by atoms with Crippen molar-refractivity contribution < 1.29 is 5.11 Å². The SMILES string of the molecule is [CH2]C(C)CNC(C)O. The van der Waals surface area contributed by atoms with Crippen molar-refractivity contribution >= 4 is 0 Å². The van der Waals surface area contributed by atoms with Gasteiger partial charge >= 0.3 is 0 Å². The van der Waals surface area contributed by atoms with Crippen LogP contribution in [0.3, 0.4) is 0 Å². The van der Waals surface area contributed by atoms with Gasteiger partial charge in [-0.05, 0) is 19.8 Å². The van der Waals surface area contributed by atoms with Gasteiger partial charge in [-0.3, -0.25) is 5.32 Å². The summed E-state index contributed by atoms with van der Waals surface area (Å²) in [4.78, 5) is 0. The summed E-state index contributed by atoms with van der Waals surface area (Å²) in [5.41, 5.74) is 0. The van der Waals surface area contributed by atoms with Gasteiger partial charge in [0.25, 0.3) is 0 Å². The van der Waals surface area contributed by atoms with Gasteiger partial charge in [-0.1, -0.05) is 6.92 Å². The molecule has 0 rings (SSSR count). The molecular formula is C6H14NO. The van der Waals surface area contributed by atoms with E-state index in [0.717, 1.165) is 6.54 Å². The molecule has 1 radical (unpaired) electrons. The molecule has 0 aromatic heterocycles. The van der Waals surface area contributed by atoms with Crippen LogP contribution in [-0.4, -0.2) is 17.9 Å². The first-order valence-corrected chi connectivity index (χ1v) is 2.87. The molecule has 0 aliphatic heterocycles. The smallest absolute Gasteiger partial charge is 0.102 e. The summed E-state index contributed by atoms with van der Waals surface area (Å²) < 4.78 is 0. The third-order valence-electron chi connectivity index (χ3n) is 0.762. The van der Waals surface area contributed by atoms with Crippen molar-refractivity contribution in [3.8, 4) is 0 Å². The van der Waals surface area contributed by atoms with Gasteiger partial charge in [0, 0.05) is 6.54 Å². The molecule has 0 aliphatic rings. The normalized spacial score (nSPS) is 14.6. The molecule has 0 aromatic carbocycles. The van der Waals surface area contributed by atoms with Gasteiger partial charge in [-0.2, -0.15) is 0 Å². The molecule has 2 nitrogen and oxygen atoms in total. The maximum atomic E-state index is 8.66. The average molecular weight is 116 g/mol. The maximum Gasteiger partial charge on any atom is 0.102 e. The molecular weight excluding hydrogens is 102 g/mol. The highest BCUT2D eigenvalue weighted by atomic mass is 16.3. The highest BCUT2D eigenvalue weighted by molar-refractivity contribution is 4.57. The molecule has 0 aromatic rings. The fraction of sp³-hybridized carbons (Fsp3) is 0.833. The average Bonchev–Trinajstić information content (AvgIpc) is 1.61. The zero-order valence-corrected chi connectivity index (χ0v) is 5.52. The van der Waals surface area contributed by atoms with Crippen LogP contribution < -0.4 is 5.32 Å². The van der Waals surface area contributed by atoms with Crippen LogP contribution in [0, 0.1) is 12.8 Å². The number of rotatable bonds is 3. The largest absolute Gasteiger partial charge is 0.379 e. The van der Waals surface area contributed by atoms with Gasteiger partial charge in [-0.15, -0.1) is 0 Å². The van der Waals surface area contributed by atoms with E-state index in [1.54, 1.807) is 6.92 Å². The van der Waals surface area contributed by atoms with Gasteiger partial charge in [0.05, 0.1) is 0 Å². The Bertz CT molecular complexity index is 44.5. The quantitative estimate of drug-likeness (QED) is 0.523. The number of hydrogen-bond donors (Lipinski definition) is 2. The van der Waals surface area contributed by atoms with Crippen molar-refractivity contribution in [3.63, 3.8) is 0 Å².